The van der Waals surface area contributed by atoms with Crippen molar-refractivity contribution in [1.82, 2.24) is 14.9 Å². The summed E-state index contributed by atoms with van der Waals surface area (Å²) in [6, 6.07) is 1.33. The molecule has 3 nitrogen and oxygen atoms in total. The van der Waals surface area contributed by atoms with E-state index in [2.05, 4.69) is 49.9 Å². The molecule has 0 amide bonds. The maximum absolute atomic E-state index is 2.44. The second kappa shape index (κ2) is 3.73. The van der Waals surface area contributed by atoms with Crippen LogP contribution in [0.25, 0.3) is 0 Å². The lowest BCUT2D eigenvalue weighted by atomic mass is 10.1. The monoisotopic (exact) mass is 171 g/mol. The summed E-state index contributed by atoms with van der Waals surface area (Å²) in [4.78, 5) is 2.44. The average molecular weight is 171 g/mol. The highest BCUT2D eigenvalue weighted by atomic mass is 15.6. The Morgan fingerprint density at radius 2 is 1.50 bits per heavy atom. The van der Waals surface area contributed by atoms with Gasteiger partial charge in [-0.1, -0.05) is 0 Å². The molecule has 0 N–H and O–H groups in total. The molecule has 0 aliphatic carbocycles. The highest BCUT2D eigenvalue weighted by Crippen LogP contribution is 2.13. The van der Waals surface area contributed by atoms with Gasteiger partial charge in [0, 0.05) is 39.3 Å². The van der Waals surface area contributed by atoms with Crippen LogP contribution in [0, 0.1) is 0 Å². The molecule has 12 heavy (non-hydrogen) atoms. The van der Waals surface area contributed by atoms with E-state index in [-0.39, 0.29) is 0 Å². The van der Waals surface area contributed by atoms with E-state index < -0.39 is 0 Å². The van der Waals surface area contributed by atoms with E-state index in [0.29, 0.717) is 12.1 Å². The third-order valence-corrected chi connectivity index (χ3v) is 2.91. The van der Waals surface area contributed by atoms with Gasteiger partial charge in [0.05, 0.1) is 0 Å². The van der Waals surface area contributed by atoms with Crippen molar-refractivity contribution in [3.8, 4) is 0 Å². The van der Waals surface area contributed by atoms with Gasteiger partial charge in [0.2, 0.25) is 0 Å². The lowest BCUT2D eigenvalue weighted by molar-refractivity contribution is -0.0561. The Morgan fingerprint density at radius 3 is 1.83 bits per heavy atom. The van der Waals surface area contributed by atoms with Crippen LogP contribution in [-0.2, 0) is 0 Å². The van der Waals surface area contributed by atoms with Crippen LogP contribution in [0.2, 0.25) is 0 Å². The Labute approximate surface area is 75.9 Å². The number of nitrogens with zero attached hydrogens (tertiary/aromatic N) is 3. The van der Waals surface area contributed by atoms with Crippen LogP contribution in [-0.4, -0.2) is 61.2 Å². The summed E-state index contributed by atoms with van der Waals surface area (Å²) in [6.45, 7) is 6.86. The van der Waals surface area contributed by atoms with Gasteiger partial charge >= 0.3 is 0 Å². The third-order valence-electron chi connectivity index (χ3n) is 2.91. The summed E-state index contributed by atoms with van der Waals surface area (Å²) in [7, 11) is 6.44. The smallest absolute Gasteiger partial charge is 0.0287 e. The van der Waals surface area contributed by atoms with Crippen molar-refractivity contribution in [3.63, 3.8) is 0 Å². The summed E-state index contributed by atoms with van der Waals surface area (Å²) in [5, 5.41) is 4.59. The van der Waals surface area contributed by atoms with Crippen molar-refractivity contribution in [2.45, 2.75) is 25.9 Å². The molecule has 1 heterocycles. The fourth-order valence-corrected chi connectivity index (χ4v) is 1.70. The van der Waals surface area contributed by atoms with Crippen molar-refractivity contribution < 1.29 is 0 Å². The highest BCUT2D eigenvalue weighted by molar-refractivity contribution is 4.80. The van der Waals surface area contributed by atoms with Crippen molar-refractivity contribution in [3.05, 3.63) is 0 Å². The number of hydrogen-bond acceptors (Lipinski definition) is 3. The number of rotatable bonds is 1. The van der Waals surface area contributed by atoms with Crippen LogP contribution in [0.1, 0.15) is 13.8 Å². The standard InChI is InChI=1S/C9H21N3/c1-8-6-12(10(3)4)7-9(2)11(8)5/h8-9H,6-7H2,1-5H3. The minimum Gasteiger partial charge on any atom is -0.298 e. The molecule has 0 aromatic carbocycles. The molecule has 1 rings (SSSR count). The minimum atomic E-state index is 0.663. The van der Waals surface area contributed by atoms with Gasteiger partial charge in [-0.05, 0) is 20.9 Å². The molecule has 72 valence electrons. The van der Waals surface area contributed by atoms with E-state index >= 15 is 0 Å². The van der Waals surface area contributed by atoms with Gasteiger partial charge in [-0.3, -0.25) is 4.90 Å². The van der Waals surface area contributed by atoms with Gasteiger partial charge in [0.1, 0.15) is 0 Å². The first-order chi connectivity index (χ1) is 5.52. The van der Waals surface area contributed by atoms with E-state index in [4.69, 9.17) is 0 Å². The van der Waals surface area contributed by atoms with Gasteiger partial charge < -0.3 is 0 Å². The summed E-state index contributed by atoms with van der Waals surface area (Å²) < 4.78 is 0. The van der Waals surface area contributed by atoms with E-state index in [1.54, 1.807) is 0 Å². The highest BCUT2D eigenvalue weighted by Gasteiger charge is 2.26. The predicted molar refractivity (Wildman–Crippen MR) is 51.9 cm³/mol. The van der Waals surface area contributed by atoms with Crippen molar-refractivity contribution in [2.75, 3.05) is 34.2 Å². The Bertz CT molecular complexity index is 135. The molecule has 0 aromatic heterocycles. The zero-order valence-corrected chi connectivity index (χ0v) is 8.91. The first kappa shape index (κ1) is 9.96. The number of piperazine rings is 1. The van der Waals surface area contributed by atoms with E-state index in [1.807, 2.05) is 0 Å². The molecule has 0 aromatic rings. The Kier molecular flexibility index (Phi) is 3.09. The lowest BCUT2D eigenvalue weighted by Crippen LogP contribution is -2.58. The molecule has 1 aliphatic heterocycles. The van der Waals surface area contributed by atoms with Crippen LogP contribution in [0.3, 0.4) is 0 Å². The van der Waals surface area contributed by atoms with E-state index in [0.717, 1.165) is 13.1 Å². The summed E-state index contributed by atoms with van der Waals surface area (Å²) in [6.07, 6.45) is 0. The molecule has 3 heteroatoms. The first-order valence-electron chi connectivity index (χ1n) is 4.66. The predicted octanol–water partition coefficient (Wildman–Crippen LogP) is 0.487. The fourth-order valence-electron chi connectivity index (χ4n) is 1.70. The SMILES string of the molecule is CC1CN(N(C)C)CC(C)N1C. The Hall–Kier alpha value is -0.120. The second-order valence-corrected chi connectivity index (χ2v) is 4.08. The van der Waals surface area contributed by atoms with E-state index in [1.165, 1.54) is 0 Å². The number of likely N-dealkylation sites (N-methyl/N-ethyl adjacent to an activating group) is 1. The Morgan fingerprint density at radius 1 is 1.08 bits per heavy atom. The average Bonchev–Trinajstić information content (AvgIpc) is 1.99. The quantitative estimate of drug-likeness (QED) is 0.568. The number of hydrogen-bond donors (Lipinski definition) is 0. The van der Waals surface area contributed by atoms with Crippen LogP contribution in [0.5, 0.6) is 0 Å². The van der Waals surface area contributed by atoms with Crippen LogP contribution in [0.4, 0.5) is 0 Å². The minimum absolute atomic E-state index is 0.663. The van der Waals surface area contributed by atoms with Crippen molar-refractivity contribution in [1.29, 1.82) is 0 Å². The molecular formula is C9H21N3. The normalized spacial score (nSPS) is 34.5. The molecule has 0 bridgehead atoms. The van der Waals surface area contributed by atoms with Crippen LogP contribution in [0.15, 0.2) is 0 Å². The summed E-state index contributed by atoms with van der Waals surface area (Å²) >= 11 is 0. The van der Waals surface area contributed by atoms with Gasteiger partial charge in [-0.15, -0.1) is 0 Å². The molecule has 1 aliphatic rings. The molecule has 2 atom stereocenters. The second-order valence-electron chi connectivity index (χ2n) is 4.08. The number of hydrazine groups is 1. The molecule has 0 saturated carbocycles. The van der Waals surface area contributed by atoms with Gasteiger partial charge in [-0.2, -0.15) is 0 Å². The maximum Gasteiger partial charge on any atom is 0.0287 e. The summed E-state index contributed by atoms with van der Waals surface area (Å²) in [5.41, 5.74) is 0. The largest absolute Gasteiger partial charge is 0.298 e. The fraction of sp³-hybridized carbons (Fsp3) is 1.00. The van der Waals surface area contributed by atoms with E-state index in [9.17, 15) is 0 Å². The van der Waals surface area contributed by atoms with Crippen molar-refractivity contribution >= 4 is 0 Å². The molecule has 1 fully saturated rings. The zero-order chi connectivity index (χ0) is 9.30. The molecule has 1 saturated heterocycles. The van der Waals surface area contributed by atoms with Gasteiger partial charge in [0.25, 0.3) is 0 Å². The summed E-state index contributed by atoms with van der Waals surface area (Å²) in [5.74, 6) is 0. The topological polar surface area (TPSA) is 9.72 Å². The molecule has 0 spiro atoms. The maximum atomic E-state index is 2.44. The first-order valence-corrected chi connectivity index (χ1v) is 4.66. The Balaban J connectivity index is 2.53. The van der Waals surface area contributed by atoms with Crippen molar-refractivity contribution in [2.24, 2.45) is 0 Å². The molecular weight excluding hydrogens is 150 g/mol. The van der Waals surface area contributed by atoms with Crippen LogP contribution >= 0.6 is 0 Å². The molecule has 2 unspecified atom stereocenters. The van der Waals surface area contributed by atoms with Crippen LogP contribution < -0.4 is 0 Å². The van der Waals surface area contributed by atoms with Gasteiger partial charge in [0.15, 0.2) is 0 Å². The van der Waals surface area contributed by atoms with Gasteiger partial charge in [-0.25, -0.2) is 10.0 Å². The lowest BCUT2D eigenvalue weighted by Gasteiger charge is -2.44. The third kappa shape index (κ3) is 1.97. The zero-order valence-electron chi connectivity index (χ0n) is 8.91. The molecule has 0 radical (unpaired) electrons.